The van der Waals surface area contributed by atoms with Gasteiger partial charge in [0.15, 0.2) is 0 Å². The molecule has 174 valence electrons. The third kappa shape index (κ3) is 20.4. The van der Waals surface area contributed by atoms with Crippen molar-refractivity contribution in [3.63, 3.8) is 0 Å². The quantitative estimate of drug-likeness (QED) is 0.190. The van der Waals surface area contributed by atoms with E-state index < -0.39 is 6.10 Å². The summed E-state index contributed by atoms with van der Waals surface area (Å²) in [7, 11) is 0. The molecule has 0 saturated carbocycles. The molecule has 2 atom stereocenters. The van der Waals surface area contributed by atoms with Crippen molar-refractivity contribution < 1.29 is 20.1 Å². The molecule has 29 heavy (non-hydrogen) atoms. The molecule has 0 bridgehead atoms. The number of rotatable bonds is 22. The molecule has 0 aromatic carbocycles. The van der Waals surface area contributed by atoms with Gasteiger partial charge in [-0.05, 0) is 19.3 Å². The normalized spacial score (nSPS) is 13.4. The van der Waals surface area contributed by atoms with Gasteiger partial charge in [0.1, 0.15) is 0 Å². The lowest BCUT2D eigenvalue weighted by Crippen LogP contribution is -2.38. The molecule has 0 aromatic rings. The molecule has 0 aliphatic carbocycles. The number of aliphatic hydroxyl groups is 3. The van der Waals surface area contributed by atoms with Crippen LogP contribution in [0.25, 0.3) is 0 Å². The van der Waals surface area contributed by atoms with Crippen molar-refractivity contribution in [2.75, 3.05) is 13.2 Å². The molecule has 5 nitrogen and oxygen atoms in total. The van der Waals surface area contributed by atoms with Crippen LogP contribution in [0.3, 0.4) is 0 Å². The lowest BCUT2D eigenvalue weighted by Gasteiger charge is -2.18. The third-order valence-corrected chi connectivity index (χ3v) is 5.61. The molecule has 0 aliphatic rings. The summed E-state index contributed by atoms with van der Waals surface area (Å²) in [5.41, 5.74) is 0. The Hall–Kier alpha value is -0.650. The summed E-state index contributed by atoms with van der Waals surface area (Å²) in [6.45, 7) is 2.45. The summed E-state index contributed by atoms with van der Waals surface area (Å²) in [6.07, 6.45) is 18.5. The first-order chi connectivity index (χ1) is 14.1. The highest BCUT2D eigenvalue weighted by Crippen LogP contribution is 2.13. The lowest BCUT2D eigenvalue weighted by atomic mass is 10.0. The molecule has 0 radical (unpaired) electrons. The summed E-state index contributed by atoms with van der Waals surface area (Å²) in [4.78, 5) is 12.1. The third-order valence-electron chi connectivity index (χ3n) is 5.61. The number of nitrogens with one attached hydrogen (secondary N) is 1. The predicted molar refractivity (Wildman–Crippen MR) is 121 cm³/mol. The highest BCUT2D eigenvalue weighted by molar-refractivity contribution is 5.76. The zero-order chi connectivity index (χ0) is 21.6. The van der Waals surface area contributed by atoms with Gasteiger partial charge in [0.2, 0.25) is 5.91 Å². The fraction of sp³-hybridized carbons (Fsp3) is 0.958. The van der Waals surface area contributed by atoms with Crippen molar-refractivity contribution in [2.24, 2.45) is 0 Å². The van der Waals surface area contributed by atoms with Gasteiger partial charge in [-0.15, -0.1) is 0 Å². The Morgan fingerprint density at radius 2 is 1.21 bits per heavy atom. The number of carbonyl (C=O) groups is 1. The second-order valence-corrected chi connectivity index (χ2v) is 8.56. The number of hydrogen-bond acceptors (Lipinski definition) is 4. The first-order valence-electron chi connectivity index (χ1n) is 12.3. The van der Waals surface area contributed by atoms with Gasteiger partial charge in [-0.1, -0.05) is 96.8 Å². The second kappa shape index (κ2) is 22.0. The first-order valence-corrected chi connectivity index (χ1v) is 12.3. The minimum Gasteiger partial charge on any atom is -0.396 e. The summed E-state index contributed by atoms with van der Waals surface area (Å²) >= 11 is 0. The monoisotopic (exact) mass is 415 g/mol. The minimum absolute atomic E-state index is 0.0510. The molecular formula is C24H49NO4. The Balaban J connectivity index is 3.63. The van der Waals surface area contributed by atoms with Crippen LogP contribution in [0.15, 0.2) is 0 Å². The van der Waals surface area contributed by atoms with Crippen LogP contribution >= 0.6 is 0 Å². The van der Waals surface area contributed by atoms with E-state index in [1.54, 1.807) is 0 Å². The Morgan fingerprint density at radius 3 is 1.72 bits per heavy atom. The molecule has 5 heteroatoms. The van der Waals surface area contributed by atoms with Crippen LogP contribution in [0.5, 0.6) is 0 Å². The zero-order valence-corrected chi connectivity index (χ0v) is 19.0. The van der Waals surface area contributed by atoms with Crippen LogP contribution in [0.2, 0.25) is 0 Å². The van der Waals surface area contributed by atoms with Crippen LogP contribution in [0.4, 0.5) is 0 Å². The van der Waals surface area contributed by atoms with Gasteiger partial charge < -0.3 is 20.6 Å². The first kappa shape index (κ1) is 28.4. The number of carbonyl (C=O) groups excluding carboxylic acids is 1. The Kier molecular flexibility index (Phi) is 21.6. The van der Waals surface area contributed by atoms with Crippen molar-refractivity contribution in [1.82, 2.24) is 5.32 Å². The summed E-state index contributed by atoms with van der Waals surface area (Å²) in [5.74, 6) is -0.157. The van der Waals surface area contributed by atoms with Gasteiger partial charge in [0, 0.05) is 6.61 Å². The molecule has 0 rings (SSSR count). The number of amides is 1. The molecule has 0 fully saturated rings. The summed E-state index contributed by atoms with van der Waals surface area (Å²) in [5, 5.41) is 31.2. The maximum Gasteiger partial charge on any atom is 0.222 e. The molecule has 0 saturated heterocycles. The van der Waals surface area contributed by atoms with Crippen LogP contribution in [0.1, 0.15) is 122 Å². The highest BCUT2D eigenvalue weighted by Gasteiger charge is 2.15. The van der Waals surface area contributed by atoms with E-state index in [2.05, 4.69) is 12.2 Å². The smallest absolute Gasteiger partial charge is 0.222 e. The molecular weight excluding hydrogens is 366 g/mol. The number of aliphatic hydroxyl groups excluding tert-OH is 3. The van der Waals surface area contributed by atoms with Gasteiger partial charge in [-0.25, -0.2) is 0 Å². The largest absolute Gasteiger partial charge is 0.396 e. The maximum absolute atomic E-state index is 12.1. The molecule has 0 spiro atoms. The lowest BCUT2D eigenvalue weighted by molar-refractivity contribution is -0.124. The molecule has 0 heterocycles. The van der Waals surface area contributed by atoms with Gasteiger partial charge in [-0.2, -0.15) is 0 Å². The van der Waals surface area contributed by atoms with Gasteiger partial charge in [0.25, 0.3) is 0 Å². The molecule has 1 amide bonds. The van der Waals surface area contributed by atoms with E-state index in [-0.39, 0.29) is 31.6 Å². The number of unbranched alkanes of at least 4 members (excludes halogenated alkanes) is 13. The maximum atomic E-state index is 12.1. The second-order valence-electron chi connectivity index (χ2n) is 8.56. The van der Waals surface area contributed by atoms with E-state index in [1.165, 1.54) is 44.9 Å². The highest BCUT2D eigenvalue weighted by atomic mass is 16.3. The predicted octanol–water partition coefficient (Wildman–Crippen LogP) is 4.86. The van der Waals surface area contributed by atoms with Crippen molar-refractivity contribution in [1.29, 1.82) is 0 Å². The Bertz CT molecular complexity index is 352. The standard InChI is InChI=1S/C24H49NO4/c1-2-3-4-5-6-7-8-12-15-18-23(28)20-24(29)25-22(21-27)17-14-11-9-10-13-16-19-26/h22-23,26-28H,2-21H2,1H3,(H,25,29)/t22-,23-/m1/s1. The Morgan fingerprint density at radius 1 is 0.724 bits per heavy atom. The van der Waals surface area contributed by atoms with Crippen molar-refractivity contribution in [2.45, 2.75) is 135 Å². The van der Waals surface area contributed by atoms with Gasteiger partial charge in [-0.3, -0.25) is 4.79 Å². The van der Waals surface area contributed by atoms with Gasteiger partial charge >= 0.3 is 0 Å². The fourth-order valence-corrected chi connectivity index (χ4v) is 3.71. The summed E-state index contributed by atoms with van der Waals surface area (Å²) < 4.78 is 0. The van der Waals surface area contributed by atoms with E-state index in [9.17, 15) is 15.0 Å². The van der Waals surface area contributed by atoms with E-state index >= 15 is 0 Å². The van der Waals surface area contributed by atoms with Crippen molar-refractivity contribution in [3.8, 4) is 0 Å². The molecule has 0 aromatic heterocycles. The van der Waals surface area contributed by atoms with E-state index in [1.807, 2.05) is 0 Å². The van der Waals surface area contributed by atoms with Crippen LogP contribution in [-0.4, -0.2) is 46.6 Å². The van der Waals surface area contributed by atoms with Crippen LogP contribution < -0.4 is 5.32 Å². The van der Waals surface area contributed by atoms with Crippen molar-refractivity contribution in [3.05, 3.63) is 0 Å². The van der Waals surface area contributed by atoms with Crippen molar-refractivity contribution >= 4 is 5.91 Å². The Labute approximate surface area is 179 Å². The van der Waals surface area contributed by atoms with E-state index in [4.69, 9.17) is 5.11 Å². The fourth-order valence-electron chi connectivity index (χ4n) is 3.71. The average molecular weight is 416 g/mol. The minimum atomic E-state index is -0.578. The topological polar surface area (TPSA) is 89.8 Å². The van der Waals surface area contributed by atoms with Crippen LogP contribution in [-0.2, 0) is 4.79 Å². The molecule has 4 N–H and O–H groups in total. The molecule has 0 unspecified atom stereocenters. The van der Waals surface area contributed by atoms with E-state index in [0.717, 1.165) is 57.8 Å². The van der Waals surface area contributed by atoms with Gasteiger partial charge in [0.05, 0.1) is 25.2 Å². The number of hydrogen-bond donors (Lipinski definition) is 4. The van der Waals surface area contributed by atoms with Crippen LogP contribution in [0, 0.1) is 0 Å². The van der Waals surface area contributed by atoms with E-state index in [0.29, 0.717) is 6.42 Å². The average Bonchev–Trinajstić information content (AvgIpc) is 2.70. The SMILES string of the molecule is CCCCCCCCCCC[C@@H](O)CC(=O)N[C@@H](CO)CCCCCCCCO. The molecule has 0 aliphatic heterocycles. The zero-order valence-electron chi connectivity index (χ0n) is 19.0. The summed E-state index contributed by atoms with van der Waals surface area (Å²) in [6, 6.07) is -0.208.